The number of nitrogens with zero attached hydrogens (tertiary/aromatic N) is 1. The highest BCUT2D eigenvalue weighted by atomic mass is 32.1. The fraction of sp³-hybridized carbons (Fsp3) is 0.400. The van der Waals surface area contributed by atoms with Crippen LogP contribution in [0.4, 0.5) is 0 Å². The van der Waals surface area contributed by atoms with Crippen molar-refractivity contribution in [1.29, 1.82) is 0 Å². The fourth-order valence-corrected chi connectivity index (χ4v) is 3.11. The molecule has 2 nitrogen and oxygen atoms in total. The highest BCUT2D eigenvalue weighted by Crippen LogP contribution is 2.44. The Morgan fingerprint density at radius 1 is 1.33 bits per heavy atom. The van der Waals surface area contributed by atoms with E-state index in [0.29, 0.717) is 5.92 Å². The molecule has 1 saturated carbocycles. The first kappa shape index (κ1) is 11.9. The first-order valence-corrected chi connectivity index (χ1v) is 7.39. The summed E-state index contributed by atoms with van der Waals surface area (Å²) in [7, 11) is 0. The summed E-state index contributed by atoms with van der Waals surface area (Å²) in [5, 5.41) is 3.28. The number of hydrogen-bond donors (Lipinski definition) is 0. The van der Waals surface area contributed by atoms with Gasteiger partial charge in [0.15, 0.2) is 0 Å². The predicted molar refractivity (Wildman–Crippen MR) is 74.6 cm³/mol. The quantitative estimate of drug-likeness (QED) is 0.798. The van der Waals surface area contributed by atoms with Crippen molar-refractivity contribution in [3.05, 3.63) is 40.7 Å². The number of benzene rings is 1. The highest BCUT2D eigenvalue weighted by molar-refractivity contribution is 7.10. The van der Waals surface area contributed by atoms with Crippen molar-refractivity contribution in [2.75, 3.05) is 6.61 Å². The molecule has 1 unspecified atom stereocenters. The van der Waals surface area contributed by atoms with E-state index in [1.165, 1.54) is 18.4 Å². The maximum Gasteiger partial charge on any atom is 0.122 e. The van der Waals surface area contributed by atoms with Gasteiger partial charge in [-0.25, -0.2) is 4.98 Å². The molecule has 1 fully saturated rings. The summed E-state index contributed by atoms with van der Waals surface area (Å²) in [6.07, 6.45) is 2.79. The number of thiazole rings is 1. The summed E-state index contributed by atoms with van der Waals surface area (Å²) < 4.78 is 5.85. The monoisotopic (exact) mass is 259 g/mol. The molecule has 1 aliphatic rings. The van der Waals surface area contributed by atoms with Gasteiger partial charge < -0.3 is 4.74 Å². The van der Waals surface area contributed by atoms with Crippen molar-refractivity contribution >= 4 is 11.3 Å². The summed E-state index contributed by atoms with van der Waals surface area (Å²) in [5.74, 6) is 0.694. The average molecular weight is 259 g/mol. The minimum atomic E-state index is 0.220. The van der Waals surface area contributed by atoms with Crippen LogP contribution >= 0.6 is 11.3 Å². The molecule has 0 radical (unpaired) electrons. The smallest absolute Gasteiger partial charge is 0.122 e. The van der Waals surface area contributed by atoms with Crippen LogP contribution in [0.15, 0.2) is 35.7 Å². The van der Waals surface area contributed by atoms with E-state index in [1.807, 2.05) is 6.07 Å². The Hall–Kier alpha value is -1.19. The van der Waals surface area contributed by atoms with E-state index >= 15 is 0 Å². The molecular formula is C15H17NOS. The lowest BCUT2D eigenvalue weighted by Crippen LogP contribution is -2.06. The first-order valence-electron chi connectivity index (χ1n) is 6.51. The Morgan fingerprint density at radius 3 is 2.78 bits per heavy atom. The molecular weight excluding hydrogens is 242 g/mol. The zero-order valence-corrected chi connectivity index (χ0v) is 11.3. The van der Waals surface area contributed by atoms with Gasteiger partial charge in [-0.15, -0.1) is 11.3 Å². The number of hydrogen-bond acceptors (Lipinski definition) is 3. The van der Waals surface area contributed by atoms with Gasteiger partial charge in [0.1, 0.15) is 11.1 Å². The molecule has 2 aromatic rings. The first-order chi connectivity index (χ1) is 8.88. The molecule has 1 aliphatic carbocycles. The standard InChI is InChI=1S/C15H17NOS/c1-2-17-14(12-8-9-12)15-16-13(10-18-15)11-6-4-3-5-7-11/h3-7,10,12,14H,2,8-9H2,1H3. The normalized spacial score (nSPS) is 16.7. The van der Waals surface area contributed by atoms with Crippen molar-refractivity contribution in [3.8, 4) is 11.3 Å². The van der Waals surface area contributed by atoms with Gasteiger partial charge in [0.2, 0.25) is 0 Å². The van der Waals surface area contributed by atoms with E-state index in [-0.39, 0.29) is 6.10 Å². The van der Waals surface area contributed by atoms with Gasteiger partial charge in [-0.2, -0.15) is 0 Å². The van der Waals surface area contributed by atoms with Crippen molar-refractivity contribution in [2.45, 2.75) is 25.9 Å². The lowest BCUT2D eigenvalue weighted by Gasteiger charge is -2.12. The Labute approximate surface area is 112 Å². The number of ether oxygens (including phenoxy) is 1. The predicted octanol–water partition coefficient (Wildman–Crippen LogP) is 4.30. The van der Waals surface area contributed by atoms with Crippen LogP contribution < -0.4 is 0 Å². The van der Waals surface area contributed by atoms with Crippen LogP contribution in [-0.4, -0.2) is 11.6 Å². The zero-order valence-electron chi connectivity index (χ0n) is 10.5. The van der Waals surface area contributed by atoms with Crippen molar-refractivity contribution < 1.29 is 4.74 Å². The summed E-state index contributed by atoms with van der Waals surface area (Å²) in [6, 6.07) is 10.3. The van der Waals surface area contributed by atoms with Crippen molar-refractivity contribution in [3.63, 3.8) is 0 Å². The molecule has 1 atom stereocenters. The molecule has 0 aliphatic heterocycles. The largest absolute Gasteiger partial charge is 0.371 e. The van der Waals surface area contributed by atoms with Crippen LogP contribution in [0.2, 0.25) is 0 Å². The Morgan fingerprint density at radius 2 is 2.11 bits per heavy atom. The van der Waals surface area contributed by atoms with Crippen molar-refractivity contribution in [2.24, 2.45) is 5.92 Å². The maximum absolute atomic E-state index is 5.85. The topological polar surface area (TPSA) is 22.1 Å². The fourth-order valence-electron chi connectivity index (χ4n) is 2.15. The second-order valence-corrected chi connectivity index (χ2v) is 5.54. The summed E-state index contributed by atoms with van der Waals surface area (Å²) in [6.45, 7) is 2.82. The molecule has 0 saturated heterocycles. The molecule has 3 heteroatoms. The summed E-state index contributed by atoms with van der Waals surface area (Å²) in [5.41, 5.74) is 2.26. The van der Waals surface area contributed by atoms with E-state index in [0.717, 1.165) is 17.3 Å². The van der Waals surface area contributed by atoms with Crippen LogP contribution in [0.1, 0.15) is 30.9 Å². The molecule has 1 aromatic heterocycles. The Bertz CT molecular complexity index is 504. The molecule has 1 aromatic carbocycles. The van der Waals surface area contributed by atoms with Gasteiger partial charge >= 0.3 is 0 Å². The molecule has 18 heavy (non-hydrogen) atoms. The average Bonchev–Trinajstić information content (AvgIpc) is 3.14. The van der Waals surface area contributed by atoms with E-state index in [1.54, 1.807) is 11.3 Å². The molecule has 1 heterocycles. The molecule has 94 valence electrons. The Balaban J connectivity index is 1.84. The van der Waals surface area contributed by atoms with Gasteiger partial charge in [0, 0.05) is 17.6 Å². The molecule has 0 spiro atoms. The minimum absolute atomic E-state index is 0.220. The second-order valence-electron chi connectivity index (χ2n) is 4.65. The van der Waals surface area contributed by atoms with E-state index in [4.69, 9.17) is 9.72 Å². The third-order valence-corrected chi connectivity index (χ3v) is 4.14. The SMILES string of the molecule is CCOC(c1nc(-c2ccccc2)cs1)C1CC1. The van der Waals surface area contributed by atoms with Gasteiger partial charge in [0.25, 0.3) is 0 Å². The lowest BCUT2D eigenvalue weighted by molar-refractivity contribution is 0.0462. The lowest BCUT2D eigenvalue weighted by atomic mass is 10.2. The number of rotatable bonds is 5. The van der Waals surface area contributed by atoms with Crippen LogP contribution in [-0.2, 0) is 4.74 Å². The van der Waals surface area contributed by atoms with Crippen LogP contribution in [0.3, 0.4) is 0 Å². The van der Waals surface area contributed by atoms with Crippen LogP contribution in [0.5, 0.6) is 0 Å². The summed E-state index contributed by atoms with van der Waals surface area (Å²) in [4.78, 5) is 4.75. The van der Waals surface area contributed by atoms with Gasteiger partial charge in [0.05, 0.1) is 5.69 Å². The van der Waals surface area contributed by atoms with E-state index in [9.17, 15) is 0 Å². The van der Waals surface area contributed by atoms with E-state index < -0.39 is 0 Å². The third-order valence-electron chi connectivity index (χ3n) is 3.23. The minimum Gasteiger partial charge on any atom is -0.371 e. The van der Waals surface area contributed by atoms with Crippen LogP contribution in [0.25, 0.3) is 11.3 Å². The van der Waals surface area contributed by atoms with Gasteiger partial charge in [-0.1, -0.05) is 30.3 Å². The molecule has 0 amide bonds. The van der Waals surface area contributed by atoms with Crippen molar-refractivity contribution in [1.82, 2.24) is 4.98 Å². The number of aromatic nitrogens is 1. The van der Waals surface area contributed by atoms with Gasteiger partial charge in [-0.3, -0.25) is 0 Å². The summed E-state index contributed by atoms with van der Waals surface area (Å²) >= 11 is 1.72. The maximum atomic E-state index is 5.85. The highest BCUT2D eigenvalue weighted by Gasteiger charge is 2.34. The van der Waals surface area contributed by atoms with Gasteiger partial charge in [-0.05, 0) is 25.7 Å². The Kier molecular flexibility index (Phi) is 3.43. The molecule has 0 bridgehead atoms. The zero-order chi connectivity index (χ0) is 12.4. The molecule has 3 rings (SSSR count). The van der Waals surface area contributed by atoms with E-state index in [2.05, 4.69) is 36.6 Å². The second kappa shape index (κ2) is 5.21. The van der Waals surface area contributed by atoms with Crippen LogP contribution in [0, 0.1) is 5.92 Å². The third kappa shape index (κ3) is 2.47. The molecule has 0 N–H and O–H groups in total.